The van der Waals surface area contributed by atoms with Gasteiger partial charge < -0.3 is 0 Å². The zero-order valence-electron chi connectivity index (χ0n) is 13.7. The summed E-state index contributed by atoms with van der Waals surface area (Å²) in [5.41, 5.74) is 3.80. The van der Waals surface area contributed by atoms with E-state index in [2.05, 4.69) is 5.10 Å². The van der Waals surface area contributed by atoms with Gasteiger partial charge in [-0.1, -0.05) is 23.7 Å². The van der Waals surface area contributed by atoms with Gasteiger partial charge in [0.25, 0.3) is 11.8 Å². The lowest BCUT2D eigenvalue weighted by Gasteiger charge is -2.14. The average molecular weight is 352 g/mol. The Morgan fingerprint density at radius 3 is 1.84 bits per heavy atom. The number of benzene rings is 2. The highest BCUT2D eigenvalue weighted by Gasteiger charge is 2.36. The molecule has 0 bridgehead atoms. The number of halogens is 1. The summed E-state index contributed by atoms with van der Waals surface area (Å²) in [7, 11) is 0. The van der Waals surface area contributed by atoms with E-state index in [0.717, 1.165) is 17.1 Å². The number of rotatable bonds is 2. The van der Waals surface area contributed by atoms with E-state index in [9.17, 15) is 9.59 Å². The van der Waals surface area contributed by atoms with E-state index in [-0.39, 0.29) is 11.8 Å². The van der Waals surface area contributed by atoms with Gasteiger partial charge in [-0.2, -0.15) is 5.10 Å². The number of carbonyl (C=O) groups is 2. The van der Waals surface area contributed by atoms with Crippen LogP contribution in [0, 0.1) is 13.8 Å². The molecule has 5 nitrogen and oxygen atoms in total. The number of anilines is 1. The van der Waals surface area contributed by atoms with Gasteiger partial charge in [0.2, 0.25) is 0 Å². The third-order valence-corrected chi connectivity index (χ3v) is 4.90. The molecular weight excluding hydrogens is 338 g/mol. The highest BCUT2D eigenvalue weighted by atomic mass is 35.5. The zero-order valence-corrected chi connectivity index (χ0v) is 14.4. The Kier molecular flexibility index (Phi) is 3.47. The molecule has 0 atom stereocenters. The fraction of sp³-hybridized carbons (Fsp3) is 0.105. The molecule has 2 aromatic carbocycles. The summed E-state index contributed by atoms with van der Waals surface area (Å²) in [6, 6.07) is 13.9. The molecule has 6 heteroatoms. The molecule has 2 heterocycles. The zero-order chi connectivity index (χ0) is 17.7. The van der Waals surface area contributed by atoms with Crippen molar-refractivity contribution < 1.29 is 9.59 Å². The fourth-order valence-corrected chi connectivity index (χ4v) is 3.16. The van der Waals surface area contributed by atoms with Crippen LogP contribution in [0.2, 0.25) is 5.02 Å². The Hall–Kier alpha value is -2.92. The number of amides is 2. The van der Waals surface area contributed by atoms with Crippen molar-refractivity contribution in [3.8, 4) is 5.69 Å². The number of carbonyl (C=O) groups excluding carboxylic acids is 2. The molecule has 1 aliphatic rings. The second kappa shape index (κ2) is 5.57. The minimum atomic E-state index is -0.303. The predicted octanol–water partition coefficient (Wildman–Crippen LogP) is 3.94. The van der Waals surface area contributed by atoms with Crippen molar-refractivity contribution in [3.63, 3.8) is 0 Å². The first-order chi connectivity index (χ1) is 12.0. The summed E-state index contributed by atoms with van der Waals surface area (Å²) in [6.45, 7) is 3.74. The summed E-state index contributed by atoms with van der Waals surface area (Å²) in [5, 5.41) is 5.04. The van der Waals surface area contributed by atoms with Crippen LogP contribution in [0.15, 0.2) is 48.5 Å². The summed E-state index contributed by atoms with van der Waals surface area (Å²) < 4.78 is 1.74. The quantitative estimate of drug-likeness (QED) is 0.657. The van der Waals surface area contributed by atoms with E-state index in [1.165, 1.54) is 4.90 Å². The van der Waals surface area contributed by atoms with E-state index in [0.29, 0.717) is 21.8 Å². The van der Waals surface area contributed by atoms with Crippen molar-refractivity contribution in [1.29, 1.82) is 0 Å². The molecule has 0 fully saturated rings. The molecule has 0 saturated carbocycles. The first-order valence-corrected chi connectivity index (χ1v) is 8.17. The molecule has 1 aromatic heterocycles. The van der Waals surface area contributed by atoms with Crippen LogP contribution < -0.4 is 4.90 Å². The average Bonchev–Trinajstić information content (AvgIpc) is 3.04. The van der Waals surface area contributed by atoms with Gasteiger partial charge in [0.1, 0.15) is 0 Å². The second-order valence-corrected chi connectivity index (χ2v) is 6.28. The summed E-state index contributed by atoms with van der Waals surface area (Å²) in [6.07, 6.45) is 0. The number of hydrogen-bond acceptors (Lipinski definition) is 3. The highest BCUT2D eigenvalue weighted by molar-refractivity contribution is 6.34. The van der Waals surface area contributed by atoms with E-state index in [4.69, 9.17) is 11.6 Å². The highest BCUT2D eigenvalue weighted by Crippen LogP contribution is 2.29. The van der Waals surface area contributed by atoms with Crippen LogP contribution in [0.3, 0.4) is 0 Å². The standard InChI is InChI=1S/C19H14ClN3O2/c1-11-17(20)12(2)23(21-11)14-9-7-13(8-10-14)22-18(24)15-5-3-4-6-16(15)19(22)25/h3-10H,1-2H3. The van der Waals surface area contributed by atoms with Crippen LogP contribution in [0.5, 0.6) is 0 Å². The summed E-state index contributed by atoms with van der Waals surface area (Å²) in [5.74, 6) is -0.606. The van der Waals surface area contributed by atoms with Crippen LogP contribution in [-0.4, -0.2) is 21.6 Å². The van der Waals surface area contributed by atoms with Crippen LogP contribution in [0.1, 0.15) is 32.1 Å². The maximum Gasteiger partial charge on any atom is 0.266 e. The first-order valence-electron chi connectivity index (χ1n) is 7.79. The van der Waals surface area contributed by atoms with Gasteiger partial charge in [-0.15, -0.1) is 0 Å². The monoisotopic (exact) mass is 351 g/mol. The van der Waals surface area contributed by atoms with E-state index >= 15 is 0 Å². The number of hydrogen-bond donors (Lipinski definition) is 0. The van der Waals surface area contributed by atoms with Gasteiger partial charge in [-0.05, 0) is 50.2 Å². The normalized spacial score (nSPS) is 13.5. The van der Waals surface area contributed by atoms with Crippen LogP contribution >= 0.6 is 11.6 Å². The largest absolute Gasteiger partial charge is 0.268 e. The molecule has 4 rings (SSSR count). The van der Waals surface area contributed by atoms with Gasteiger partial charge in [0, 0.05) is 0 Å². The Bertz CT molecular complexity index is 987. The molecule has 124 valence electrons. The Balaban J connectivity index is 1.71. The van der Waals surface area contributed by atoms with Gasteiger partial charge >= 0.3 is 0 Å². The Labute approximate surface area is 149 Å². The lowest BCUT2D eigenvalue weighted by atomic mass is 10.1. The molecule has 25 heavy (non-hydrogen) atoms. The molecule has 0 radical (unpaired) electrons. The van der Waals surface area contributed by atoms with Crippen molar-refractivity contribution in [3.05, 3.63) is 76.1 Å². The maximum absolute atomic E-state index is 12.5. The number of imide groups is 1. The predicted molar refractivity (Wildman–Crippen MR) is 95.6 cm³/mol. The minimum absolute atomic E-state index is 0.303. The Morgan fingerprint density at radius 2 is 1.36 bits per heavy atom. The fourth-order valence-electron chi connectivity index (χ4n) is 3.04. The lowest BCUT2D eigenvalue weighted by molar-refractivity contribution is 0.0926. The lowest BCUT2D eigenvalue weighted by Crippen LogP contribution is -2.29. The van der Waals surface area contributed by atoms with Crippen molar-refractivity contribution in [2.75, 3.05) is 4.90 Å². The molecule has 1 aliphatic heterocycles. The molecular formula is C19H14ClN3O2. The van der Waals surface area contributed by atoms with Crippen molar-refractivity contribution in [2.45, 2.75) is 13.8 Å². The topological polar surface area (TPSA) is 55.2 Å². The summed E-state index contributed by atoms with van der Waals surface area (Å²) in [4.78, 5) is 26.3. The van der Waals surface area contributed by atoms with Crippen molar-refractivity contribution in [1.82, 2.24) is 9.78 Å². The van der Waals surface area contributed by atoms with E-state index < -0.39 is 0 Å². The minimum Gasteiger partial charge on any atom is -0.268 e. The molecule has 0 aliphatic carbocycles. The summed E-state index contributed by atoms with van der Waals surface area (Å²) >= 11 is 6.19. The van der Waals surface area contributed by atoms with Gasteiger partial charge in [-0.25, -0.2) is 9.58 Å². The molecule has 0 saturated heterocycles. The van der Waals surface area contributed by atoms with Crippen molar-refractivity contribution in [2.24, 2.45) is 0 Å². The van der Waals surface area contributed by atoms with Gasteiger partial charge in [0.15, 0.2) is 0 Å². The molecule has 0 unspecified atom stereocenters. The number of nitrogens with zero attached hydrogens (tertiary/aromatic N) is 3. The van der Waals surface area contributed by atoms with E-state index in [1.54, 1.807) is 41.1 Å². The van der Waals surface area contributed by atoms with Gasteiger partial charge in [-0.3, -0.25) is 9.59 Å². The smallest absolute Gasteiger partial charge is 0.266 e. The second-order valence-electron chi connectivity index (χ2n) is 5.90. The van der Waals surface area contributed by atoms with Crippen LogP contribution in [-0.2, 0) is 0 Å². The Morgan fingerprint density at radius 1 is 0.840 bits per heavy atom. The number of fused-ring (bicyclic) bond motifs is 1. The maximum atomic E-state index is 12.5. The molecule has 2 amide bonds. The third kappa shape index (κ3) is 2.27. The first kappa shape index (κ1) is 15.6. The molecule has 0 spiro atoms. The van der Waals surface area contributed by atoms with Crippen LogP contribution in [0.4, 0.5) is 5.69 Å². The van der Waals surface area contributed by atoms with Gasteiger partial charge in [0.05, 0.1) is 38.9 Å². The third-order valence-electron chi connectivity index (χ3n) is 4.35. The van der Waals surface area contributed by atoms with Crippen molar-refractivity contribution >= 4 is 29.1 Å². The number of aryl methyl sites for hydroxylation is 1. The van der Waals surface area contributed by atoms with E-state index in [1.807, 2.05) is 26.0 Å². The van der Waals surface area contributed by atoms with Crippen LogP contribution in [0.25, 0.3) is 5.69 Å². The SMILES string of the molecule is Cc1nn(-c2ccc(N3C(=O)c4ccccc4C3=O)cc2)c(C)c1Cl. The number of aromatic nitrogens is 2. The molecule has 0 N–H and O–H groups in total. The molecule has 3 aromatic rings.